The van der Waals surface area contributed by atoms with Crippen LogP contribution in [0.4, 0.5) is 22.9 Å². The number of anilines is 2. The highest BCUT2D eigenvalue weighted by molar-refractivity contribution is 5.64. The molecule has 0 aliphatic carbocycles. The van der Waals surface area contributed by atoms with Crippen LogP contribution in [-0.4, -0.2) is 43.3 Å². The Kier molecular flexibility index (Phi) is 6.17. The fourth-order valence-electron chi connectivity index (χ4n) is 2.86. The first-order valence-electron chi connectivity index (χ1n) is 8.52. The predicted octanol–water partition coefficient (Wildman–Crippen LogP) is -0.252. The number of aliphatic hydroxyl groups is 1. The molecule has 6 N–H and O–H groups in total. The molecular weight excluding hydrogens is 404 g/mol. The molecule has 0 amide bonds. The maximum absolute atomic E-state index is 11.3. The largest absolute Gasteiger partial charge is 0.390 e. The second-order valence-electron chi connectivity index (χ2n) is 6.26. The van der Waals surface area contributed by atoms with Crippen LogP contribution in [0.5, 0.6) is 0 Å². The van der Waals surface area contributed by atoms with Gasteiger partial charge in [0.2, 0.25) is 0 Å². The Labute approximate surface area is 167 Å². The molecule has 2 heterocycles. The molecule has 1 fully saturated rings. The lowest BCUT2D eigenvalue weighted by Gasteiger charge is -2.16. The van der Waals surface area contributed by atoms with Crippen LogP contribution >= 0.6 is 0 Å². The topological polar surface area (TPSA) is 219 Å². The number of rotatable bonds is 7. The standard InChI is InChI=1S/C15H18N8O7/c16-13-3-4-21(14-6-11(24)12(30-14)7-29-17)15(18-13)20-19-9-2-1-8(22(25)26)5-10(9)23(27)28/h1-5,11-12,14,19,24H,6-7,17H2,(H2,16,18,20)/t11-,12+,14+/m0/s1. The van der Waals surface area contributed by atoms with Crippen LogP contribution in [-0.2, 0) is 9.57 Å². The van der Waals surface area contributed by atoms with E-state index in [1.165, 1.54) is 16.8 Å². The molecule has 3 rings (SSSR count). The van der Waals surface area contributed by atoms with Gasteiger partial charge in [-0.1, -0.05) is 0 Å². The van der Waals surface area contributed by atoms with Gasteiger partial charge in [-0.15, -0.1) is 5.10 Å². The van der Waals surface area contributed by atoms with Gasteiger partial charge in [0.15, 0.2) is 0 Å². The van der Waals surface area contributed by atoms with Crippen LogP contribution in [0.25, 0.3) is 0 Å². The van der Waals surface area contributed by atoms with E-state index in [4.69, 9.17) is 16.4 Å². The highest BCUT2D eigenvalue weighted by atomic mass is 16.6. The van der Waals surface area contributed by atoms with Crippen molar-refractivity contribution in [3.8, 4) is 0 Å². The summed E-state index contributed by atoms with van der Waals surface area (Å²) in [6, 6.07) is 4.54. The predicted molar refractivity (Wildman–Crippen MR) is 100 cm³/mol. The summed E-state index contributed by atoms with van der Waals surface area (Å²) in [5, 5.41) is 36.2. The molecule has 3 atom stereocenters. The molecule has 15 heteroatoms. The molecule has 0 spiro atoms. The van der Waals surface area contributed by atoms with E-state index in [0.29, 0.717) is 0 Å². The average Bonchev–Trinajstić information content (AvgIpc) is 3.06. The third kappa shape index (κ3) is 4.49. The number of nitro groups is 2. The van der Waals surface area contributed by atoms with Crippen molar-refractivity contribution < 1.29 is 24.5 Å². The lowest BCUT2D eigenvalue weighted by Crippen LogP contribution is -2.30. The van der Waals surface area contributed by atoms with Crippen LogP contribution in [0, 0.1) is 20.2 Å². The van der Waals surface area contributed by atoms with E-state index in [-0.39, 0.29) is 30.2 Å². The lowest BCUT2D eigenvalue weighted by atomic mass is 10.2. The molecular formula is C15H18N8O7. The van der Waals surface area contributed by atoms with Gasteiger partial charge in [0.1, 0.15) is 23.8 Å². The Bertz CT molecular complexity index is 1030. The van der Waals surface area contributed by atoms with Gasteiger partial charge in [-0.2, -0.15) is 4.98 Å². The van der Waals surface area contributed by atoms with Crippen molar-refractivity contribution in [2.45, 2.75) is 24.9 Å². The molecule has 15 nitrogen and oxygen atoms in total. The number of nitrogen functional groups attached to an aromatic ring is 1. The molecule has 1 aromatic carbocycles. The molecule has 1 saturated heterocycles. The fourth-order valence-corrected chi connectivity index (χ4v) is 2.86. The van der Waals surface area contributed by atoms with E-state index in [1.54, 1.807) is 0 Å². The molecule has 0 bridgehead atoms. The molecule has 0 saturated carbocycles. The van der Waals surface area contributed by atoms with Crippen LogP contribution in [0.3, 0.4) is 0 Å². The third-order valence-corrected chi connectivity index (χ3v) is 4.31. The minimum Gasteiger partial charge on any atom is -0.390 e. The number of benzene rings is 1. The number of aromatic nitrogens is 2. The molecule has 1 aromatic heterocycles. The van der Waals surface area contributed by atoms with Gasteiger partial charge in [-0.25, -0.2) is 5.90 Å². The fraction of sp³-hybridized carbons (Fsp3) is 0.333. The van der Waals surface area contributed by atoms with Crippen LogP contribution < -0.4 is 22.7 Å². The third-order valence-electron chi connectivity index (χ3n) is 4.31. The minimum atomic E-state index is -0.847. The van der Waals surface area contributed by atoms with Crippen molar-refractivity contribution in [2.75, 3.05) is 17.8 Å². The summed E-state index contributed by atoms with van der Waals surface area (Å²) < 4.78 is 7.15. The van der Waals surface area contributed by atoms with Gasteiger partial charge in [0.25, 0.3) is 11.3 Å². The Morgan fingerprint density at radius 1 is 1.37 bits per heavy atom. The van der Waals surface area contributed by atoms with Gasteiger partial charge in [-0.3, -0.25) is 30.2 Å². The van der Waals surface area contributed by atoms with Crippen molar-refractivity contribution in [1.29, 1.82) is 0 Å². The minimum absolute atomic E-state index is 0.00540. The smallest absolute Gasteiger partial charge is 0.301 e. The molecule has 1 aliphatic rings. The van der Waals surface area contributed by atoms with Crippen molar-refractivity contribution in [2.24, 2.45) is 11.0 Å². The molecule has 160 valence electrons. The summed E-state index contributed by atoms with van der Waals surface area (Å²) >= 11 is 0. The Balaban J connectivity index is 1.94. The van der Waals surface area contributed by atoms with Crippen molar-refractivity contribution >= 4 is 22.9 Å². The second-order valence-corrected chi connectivity index (χ2v) is 6.26. The number of non-ortho nitro benzene ring substituents is 1. The zero-order chi connectivity index (χ0) is 21.8. The quantitative estimate of drug-likeness (QED) is 0.336. The number of nitrogens with two attached hydrogens (primary N) is 2. The van der Waals surface area contributed by atoms with Gasteiger partial charge >= 0.3 is 5.69 Å². The highest BCUT2D eigenvalue weighted by Gasteiger charge is 2.35. The van der Waals surface area contributed by atoms with Gasteiger partial charge < -0.3 is 20.4 Å². The van der Waals surface area contributed by atoms with Gasteiger partial charge in [0.05, 0.1) is 28.6 Å². The lowest BCUT2D eigenvalue weighted by molar-refractivity contribution is -0.393. The first-order chi connectivity index (χ1) is 14.3. The first-order valence-corrected chi connectivity index (χ1v) is 8.52. The van der Waals surface area contributed by atoms with Gasteiger partial charge in [0, 0.05) is 18.7 Å². The monoisotopic (exact) mass is 422 g/mol. The van der Waals surface area contributed by atoms with E-state index >= 15 is 0 Å². The zero-order valence-corrected chi connectivity index (χ0v) is 15.3. The van der Waals surface area contributed by atoms with Crippen molar-refractivity contribution in [3.63, 3.8) is 0 Å². The molecule has 2 aromatic rings. The second kappa shape index (κ2) is 8.78. The maximum Gasteiger partial charge on any atom is 0.301 e. The summed E-state index contributed by atoms with van der Waals surface area (Å²) in [5.74, 6) is 5.15. The van der Waals surface area contributed by atoms with Gasteiger partial charge in [-0.05, 0) is 12.1 Å². The number of nitrogens with one attached hydrogen (secondary N) is 1. The van der Waals surface area contributed by atoms with Crippen LogP contribution in [0.1, 0.15) is 12.6 Å². The zero-order valence-electron chi connectivity index (χ0n) is 15.3. The number of nitro benzene ring substituents is 2. The summed E-state index contributed by atoms with van der Waals surface area (Å²) in [4.78, 5) is 29.2. The van der Waals surface area contributed by atoms with E-state index in [2.05, 4.69) is 20.3 Å². The number of hydrogen-bond donors (Lipinski definition) is 4. The van der Waals surface area contributed by atoms with Crippen molar-refractivity contribution in [1.82, 2.24) is 9.55 Å². The Hall–Kier alpha value is -3.66. The summed E-state index contributed by atoms with van der Waals surface area (Å²) in [7, 11) is 0. The highest BCUT2D eigenvalue weighted by Crippen LogP contribution is 2.29. The number of hydrogen-bond acceptors (Lipinski definition) is 12. The van der Waals surface area contributed by atoms with E-state index < -0.39 is 39.7 Å². The maximum atomic E-state index is 11.3. The molecule has 30 heavy (non-hydrogen) atoms. The van der Waals surface area contributed by atoms with Crippen LogP contribution in [0.15, 0.2) is 35.6 Å². The van der Waals surface area contributed by atoms with E-state index in [9.17, 15) is 25.3 Å². The Morgan fingerprint density at radius 2 is 2.13 bits per heavy atom. The molecule has 0 radical (unpaired) electrons. The van der Waals surface area contributed by atoms with E-state index in [1.807, 2.05) is 0 Å². The average molecular weight is 422 g/mol. The number of nitrogens with zero attached hydrogens (tertiary/aromatic N) is 5. The summed E-state index contributed by atoms with van der Waals surface area (Å²) in [6.07, 6.45) is -0.483. The van der Waals surface area contributed by atoms with Crippen molar-refractivity contribution in [3.05, 3.63) is 56.3 Å². The summed E-state index contributed by atoms with van der Waals surface area (Å²) in [6.45, 7) is -0.0274. The van der Waals surface area contributed by atoms with E-state index in [0.717, 1.165) is 18.2 Å². The first kappa shape index (κ1) is 21.1. The normalized spacial score (nSPS) is 21.5. The van der Waals surface area contributed by atoms with Crippen LogP contribution in [0.2, 0.25) is 0 Å². The Morgan fingerprint density at radius 3 is 2.80 bits per heavy atom. The molecule has 0 unspecified atom stereocenters. The number of ether oxygens (including phenoxy) is 1. The SMILES string of the molecule is NOC[C@H]1O[C@@H](n2ccc(N)nc2=NNc2ccc([N+](=O)[O-])cc2[N+](=O)[O-])C[C@@H]1O. The molecule has 1 aliphatic heterocycles. The number of aliphatic hydroxyl groups excluding tert-OH is 1. The summed E-state index contributed by atoms with van der Waals surface area (Å²) in [5.41, 5.74) is 7.10.